The molecular formula is C16H24N4O2S. The number of nitrogens with one attached hydrogen (secondary N) is 1. The molecule has 126 valence electrons. The number of rotatable bonds is 6. The maximum absolute atomic E-state index is 5.77. The van der Waals surface area contributed by atoms with Gasteiger partial charge in [0.15, 0.2) is 0 Å². The summed E-state index contributed by atoms with van der Waals surface area (Å²) in [7, 11) is 2.12. The van der Waals surface area contributed by atoms with Gasteiger partial charge in [-0.2, -0.15) is 0 Å². The first-order valence-electron chi connectivity index (χ1n) is 8.08. The maximum atomic E-state index is 5.77. The normalized spacial score (nSPS) is 19.3. The molecule has 3 rings (SSSR count). The van der Waals surface area contributed by atoms with Crippen LogP contribution in [0, 0.1) is 6.92 Å². The lowest BCUT2D eigenvalue weighted by Crippen LogP contribution is -2.44. The maximum Gasteiger partial charge on any atom is 0.257 e. The summed E-state index contributed by atoms with van der Waals surface area (Å²) in [5.41, 5.74) is 1.30. The van der Waals surface area contributed by atoms with Crippen LogP contribution < -0.4 is 5.32 Å². The zero-order valence-electron chi connectivity index (χ0n) is 14.0. The van der Waals surface area contributed by atoms with Crippen molar-refractivity contribution in [2.75, 3.05) is 33.3 Å². The number of ether oxygens (including phenoxy) is 1. The fourth-order valence-corrected chi connectivity index (χ4v) is 3.77. The van der Waals surface area contributed by atoms with Crippen LogP contribution >= 0.6 is 11.3 Å². The molecule has 1 N–H and O–H groups in total. The molecule has 0 bridgehead atoms. The van der Waals surface area contributed by atoms with E-state index in [2.05, 4.69) is 47.4 Å². The van der Waals surface area contributed by atoms with Gasteiger partial charge in [0.25, 0.3) is 5.89 Å². The SMILES string of the molecule is CCc1sc(-c2nnc(CNCC3CN(C)CCO3)o2)cc1C. The van der Waals surface area contributed by atoms with Crippen molar-refractivity contribution in [2.24, 2.45) is 0 Å². The number of nitrogens with zero attached hydrogens (tertiary/aromatic N) is 3. The molecule has 0 amide bonds. The summed E-state index contributed by atoms with van der Waals surface area (Å²) in [6.07, 6.45) is 1.26. The van der Waals surface area contributed by atoms with Crippen LogP contribution in [0.25, 0.3) is 10.8 Å². The van der Waals surface area contributed by atoms with Crippen molar-refractivity contribution < 1.29 is 9.15 Å². The molecule has 6 nitrogen and oxygen atoms in total. The van der Waals surface area contributed by atoms with Gasteiger partial charge in [0.2, 0.25) is 5.89 Å². The topological polar surface area (TPSA) is 63.4 Å². The molecule has 0 radical (unpaired) electrons. The lowest BCUT2D eigenvalue weighted by molar-refractivity contribution is -0.0184. The Labute approximate surface area is 140 Å². The van der Waals surface area contributed by atoms with Crippen molar-refractivity contribution in [3.8, 4) is 10.8 Å². The van der Waals surface area contributed by atoms with Gasteiger partial charge in [0.05, 0.1) is 24.1 Å². The quantitative estimate of drug-likeness (QED) is 0.871. The molecule has 1 aliphatic rings. The number of morpholine rings is 1. The Kier molecular flexibility index (Phi) is 5.42. The third kappa shape index (κ3) is 4.17. The van der Waals surface area contributed by atoms with Crippen LogP contribution in [-0.2, 0) is 17.7 Å². The molecule has 2 aromatic heterocycles. The lowest BCUT2D eigenvalue weighted by atomic mass is 10.2. The largest absolute Gasteiger partial charge is 0.419 e. The first kappa shape index (κ1) is 16.6. The summed E-state index contributed by atoms with van der Waals surface area (Å²) >= 11 is 1.73. The van der Waals surface area contributed by atoms with E-state index in [4.69, 9.17) is 9.15 Å². The predicted octanol–water partition coefficient (Wildman–Crippen LogP) is 2.09. The molecule has 7 heteroatoms. The molecule has 2 aromatic rings. The van der Waals surface area contributed by atoms with Gasteiger partial charge in [-0.25, -0.2) is 0 Å². The minimum Gasteiger partial charge on any atom is -0.419 e. The Morgan fingerprint density at radius 2 is 2.30 bits per heavy atom. The Morgan fingerprint density at radius 1 is 1.43 bits per heavy atom. The highest BCUT2D eigenvalue weighted by atomic mass is 32.1. The summed E-state index contributed by atoms with van der Waals surface area (Å²) < 4.78 is 11.5. The molecule has 3 heterocycles. The Bertz CT molecular complexity index is 640. The number of thiophene rings is 1. The first-order chi connectivity index (χ1) is 11.2. The minimum atomic E-state index is 0.225. The van der Waals surface area contributed by atoms with Gasteiger partial charge in [-0.3, -0.25) is 0 Å². The van der Waals surface area contributed by atoms with Crippen LogP contribution in [-0.4, -0.2) is 54.5 Å². The highest BCUT2D eigenvalue weighted by molar-refractivity contribution is 7.15. The fraction of sp³-hybridized carbons (Fsp3) is 0.625. The van der Waals surface area contributed by atoms with Crippen LogP contribution in [0.4, 0.5) is 0 Å². The third-order valence-corrected chi connectivity index (χ3v) is 5.38. The minimum absolute atomic E-state index is 0.225. The lowest BCUT2D eigenvalue weighted by Gasteiger charge is -2.30. The molecule has 0 aliphatic carbocycles. The average molecular weight is 336 g/mol. The number of hydrogen-bond donors (Lipinski definition) is 1. The summed E-state index contributed by atoms with van der Waals surface area (Å²) in [5.74, 6) is 1.23. The van der Waals surface area contributed by atoms with Gasteiger partial charge in [-0.1, -0.05) is 6.92 Å². The van der Waals surface area contributed by atoms with E-state index in [9.17, 15) is 0 Å². The van der Waals surface area contributed by atoms with Crippen LogP contribution in [0.15, 0.2) is 10.5 Å². The number of likely N-dealkylation sites (N-methyl/N-ethyl adjacent to an activating group) is 1. The van der Waals surface area contributed by atoms with Crippen molar-refractivity contribution >= 4 is 11.3 Å². The average Bonchev–Trinajstić information content (AvgIpc) is 3.14. The highest BCUT2D eigenvalue weighted by Crippen LogP contribution is 2.30. The Balaban J connectivity index is 1.52. The summed E-state index contributed by atoms with van der Waals surface area (Å²) in [6.45, 7) is 8.40. The van der Waals surface area contributed by atoms with E-state index < -0.39 is 0 Å². The summed E-state index contributed by atoms with van der Waals surface area (Å²) in [5, 5.41) is 11.6. The second kappa shape index (κ2) is 7.53. The number of aryl methyl sites for hydroxylation is 2. The van der Waals surface area contributed by atoms with Crippen LogP contribution in [0.5, 0.6) is 0 Å². The van der Waals surface area contributed by atoms with Gasteiger partial charge < -0.3 is 19.4 Å². The van der Waals surface area contributed by atoms with Crippen LogP contribution in [0.3, 0.4) is 0 Å². The van der Waals surface area contributed by atoms with Gasteiger partial charge in [0.1, 0.15) is 0 Å². The molecule has 23 heavy (non-hydrogen) atoms. The van der Waals surface area contributed by atoms with E-state index in [-0.39, 0.29) is 6.10 Å². The van der Waals surface area contributed by atoms with E-state index in [1.165, 1.54) is 10.4 Å². The molecule has 0 aromatic carbocycles. The van der Waals surface area contributed by atoms with Gasteiger partial charge in [-0.15, -0.1) is 21.5 Å². The second-order valence-electron chi connectivity index (χ2n) is 5.96. The molecule has 1 saturated heterocycles. The molecular weight excluding hydrogens is 312 g/mol. The van der Waals surface area contributed by atoms with E-state index in [1.807, 2.05) is 0 Å². The van der Waals surface area contributed by atoms with Gasteiger partial charge in [-0.05, 0) is 32.0 Å². The van der Waals surface area contributed by atoms with E-state index >= 15 is 0 Å². The number of aromatic nitrogens is 2. The van der Waals surface area contributed by atoms with E-state index in [0.717, 1.165) is 37.5 Å². The standard InChI is InChI=1S/C16H24N4O2S/c1-4-13-11(2)7-14(23-13)16-19-18-15(22-16)9-17-8-12-10-20(3)5-6-21-12/h7,12,17H,4-6,8-10H2,1-3H3. The van der Waals surface area contributed by atoms with Crippen LogP contribution in [0.2, 0.25) is 0 Å². The van der Waals surface area contributed by atoms with Crippen molar-refractivity contribution in [1.82, 2.24) is 20.4 Å². The fourth-order valence-electron chi connectivity index (χ4n) is 2.73. The molecule has 1 aliphatic heterocycles. The first-order valence-corrected chi connectivity index (χ1v) is 8.90. The van der Waals surface area contributed by atoms with E-state index in [1.54, 1.807) is 11.3 Å². The van der Waals surface area contributed by atoms with E-state index in [0.29, 0.717) is 18.3 Å². The molecule has 1 fully saturated rings. The second-order valence-corrected chi connectivity index (χ2v) is 7.09. The van der Waals surface area contributed by atoms with Gasteiger partial charge in [0, 0.05) is 24.5 Å². The Hall–Kier alpha value is -1.28. The Morgan fingerprint density at radius 3 is 3.04 bits per heavy atom. The monoisotopic (exact) mass is 336 g/mol. The van der Waals surface area contributed by atoms with Crippen molar-refractivity contribution in [3.05, 3.63) is 22.4 Å². The predicted molar refractivity (Wildman–Crippen MR) is 90.7 cm³/mol. The van der Waals surface area contributed by atoms with Crippen molar-refractivity contribution in [3.63, 3.8) is 0 Å². The third-order valence-electron chi connectivity index (χ3n) is 4.01. The molecule has 1 atom stereocenters. The molecule has 0 saturated carbocycles. The zero-order chi connectivity index (χ0) is 16.2. The van der Waals surface area contributed by atoms with Crippen LogP contribution in [0.1, 0.15) is 23.3 Å². The van der Waals surface area contributed by atoms with Gasteiger partial charge >= 0.3 is 0 Å². The molecule has 0 spiro atoms. The number of hydrogen-bond acceptors (Lipinski definition) is 7. The molecule has 1 unspecified atom stereocenters. The zero-order valence-corrected chi connectivity index (χ0v) is 14.8. The highest BCUT2D eigenvalue weighted by Gasteiger charge is 2.18. The smallest absolute Gasteiger partial charge is 0.257 e. The summed E-state index contributed by atoms with van der Waals surface area (Å²) in [4.78, 5) is 4.71. The summed E-state index contributed by atoms with van der Waals surface area (Å²) in [6, 6.07) is 2.12. The van der Waals surface area contributed by atoms with Crippen molar-refractivity contribution in [2.45, 2.75) is 32.9 Å². The van der Waals surface area contributed by atoms with Crippen molar-refractivity contribution in [1.29, 1.82) is 0 Å².